The highest BCUT2D eigenvalue weighted by Gasteiger charge is 2.22. The van der Waals surface area contributed by atoms with Crippen molar-refractivity contribution < 1.29 is 4.48 Å². The molecular weight excluding hydrogens is 170 g/mol. The van der Waals surface area contributed by atoms with E-state index in [1.165, 1.54) is 49.8 Å². The van der Waals surface area contributed by atoms with Crippen molar-refractivity contribution in [2.24, 2.45) is 0 Å². The normalized spacial score (nSPS) is 11.6. The van der Waals surface area contributed by atoms with E-state index in [0.717, 1.165) is 6.54 Å². The summed E-state index contributed by atoms with van der Waals surface area (Å²) in [6, 6.07) is 0. The van der Waals surface area contributed by atoms with Crippen LogP contribution in [0.4, 0.5) is 0 Å². The molecule has 1 heteroatoms. The lowest BCUT2D eigenvalue weighted by molar-refractivity contribution is -0.923. The Kier molecular flexibility index (Phi) is 7.87. The van der Waals surface area contributed by atoms with Crippen LogP contribution in [-0.4, -0.2) is 30.7 Å². The molecule has 0 aliphatic rings. The molecule has 0 bridgehead atoms. The lowest BCUT2D eigenvalue weighted by atomic mass is 10.2. The zero-order chi connectivity index (χ0) is 10.9. The molecule has 1 nitrogen and oxygen atoms in total. The standard InChI is InChI=1S/C13H28N/c1-5-9-13-14(10-6-2,11-7-3)12-8-4/h6H,2,5,7-13H2,1,3-4H3/q+1. The average molecular weight is 198 g/mol. The van der Waals surface area contributed by atoms with Gasteiger partial charge in [-0.05, 0) is 25.3 Å². The molecule has 0 aliphatic carbocycles. The van der Waals surface area contributed by atoms with Gasteiger partial charge >= 0.3 is 0 Å². The number of quaternary nitrogens is 1. The van der Waals surface area contributed by atoms with E-state index in [1.807, 2.05) is 0 Å². The summed E-state index contributed by atoms with van der Waals surface area (Å²) >= 11 is 0. The topological polar surface area (TPSA) is 0 Å². The summed E-state index contributed by atoms with van der Waals surface area (Å²) in [5.74, 6) is 0. The minimum atomic E-state index is 1.15. The van der Waals surface area contributed by atoms with Crippen molar-refractivity contribution in [2.75, 3.05) is 26.2 Å². The first-order valence-electron chi connectivity index (χ1n) is 6.20. The monoisotopic (exact) mass is 198 g/mol. The fourth-order valence-corrected chi connectivity index (χ4v) is 2.33. The van der Waals surface area contributed by atoms with Crippen LogP contribution in [-0.2, 0) is 0 Å². The summed E-state index contributed by atoms with van der Waals surface area (Å²) in [5, 5.41) is 0. The molecule has 0 aromatic rings. The van der Waals surface area contributed by atoms with Gasteiger partial charge in [-0.1, -0.05) is 33.8 Å². The first kappa shape index (κ1) is 13.7. The van der Waals surface area contributed by atoms with Gasteiger partial charge in [-0.2, -0.15) is 0 Å². The second-order valence-electron chi connectivity index (χ2n) is 4.34. The van der Waals surface area contributed by atoms with Crippen LogP contribution in [0.2, 0.25) is 0 Å². The van der Waals surface area contributed by atoms with Crippen LogP contribution < -0.4 is 0 Å². The van der Waals surface area contributed by atoms with Crippen LogP contribution in [0.1, 0.15) is 46.5 Å². The number of hydrogen-bond donors (Lipinski definition) is 0. The smallest absolute Gasteiger partial charge is 0.0971 e. The van der Waals surface area contributed by atoms with Gasteiger partial charge in [0.25, 0.3) is 0 Å². The van der Waals surface area contributed by atoms with E-state index in [1.54, 1.807) is 0 Å². The molecule has 0 unspecified atom stereocenters. The maximum absolute atomic E-state index is 3.90. The van der Waals surface area contributed by atoms with Gasteiger partial charge in [-0.15, -0.1) is 0 Å². The third-order valence-electron chi connectivity index (χ3n) is 2.90. The van der Waals surface area contributed by atoms with Crippen molar-refractivity contribution in [2.45, 2.75) is 46.5 Å². The zero-order valence-electron chi connectivity index (χ0n) is 10.4. The lowest BCUT2D eigenvalue weighted by Crippen LogP contribution is -2.49. The summed E-state index contributed by atoms with van der Waals surface area (Å²) in [5.41, 5.74) is 0. The van der Waals surface area contributed by atoms with E-state index in [9.17, 15) is 0 Å². The van der Waals surface area contributed by atoms with Gasteiger partial charge in [0, 0.05) is 0 Å². The summed E-state index contributed by atoms with van der Waals surface area (Å²) in [6.45, 7) is 15.9. The fourth-order valence-electron chi connectivity index (χ4n) is 2.33. The fraction of sp³-hybridized carbons (Fsp3) is 0.846. The second kappa shape index (κ2) is 8.05. The number of hydrogen-bond acceptors (Lipinski definition) is 0. The lowest BCUT2D eigenvalue weighted by Gasteiger charge is -2.37. The molecule has 0 saturated heterocycles. The van der Waals surface area contributed by atoms with Gasteiger partial charge in [0.15, 0.2) is 0 Å². The predicted molar refractivity (Wildman–Crippen MR) is 65.4 cm³/mol. The van der Waals surface area contributed by atoms with E-state index >= 15 is 0 Å². The van der Waals surface area contributed by atoms with Gasteiger partial charge in [-0.3, -0.25) is 0 Å². The quantitative estimate of drug-likeness (QED) is 0.392. The summed E-state index contributed by atoms with van der Waals surface area (Å²) in [7, 11) is 0. The maximum atomic E-state index is 3.90. The highest BCUT2D eigenvalue weighted by molar-refractivity contribution is 4.66. The van der Waals surface area contributed by atoms with Crippen molar-refractivity contribution in [1.29, 1.82) is 0 Å². The minimum absolute atomic E-state index is 1.15. The first-order valence-corrected chi connectivity index (χ1v) is 6.20. The Hall–Kier alpha value is -0.300. The predicted octanol–water partition coefficient (Wildman–Crippen LogP) is 3.61. The molecule has 0 N–H and O–H groups in total. The number of unbranched alkanes of at least 4 members (excludes halogenated alkanes) is 1. The van der Waals surface area contributed by atoms with Crippen LogP contribution in [0.5, 0.6) is 0 Å². The van der Waals surface area contributed by atoms with Crippen LogP contribution in [0.15, 0.2) is 12.7 Å². The van der Waals surface area contributed by atoms with Gasteiger partial charge in [-0.25, -0.2) is 0 Å². The van der Waals surface area contributed by atoms with E-state index in [2.05, 4.69) is 33.4 Å². The van der Waals surface area contributed by atoms with Crippen LogP contribution in [0.25, 0.3) is 0 Å². The van der Waals surface area contributed by atoms with Crippen molar-refractivity contribution in [1.82, 2.24) is 0 Å². The molecule has 0 rings (SSSR count). The van der Waals surface area contributed by atoms with Crippen molar-refractivity contribution in [3.8, 4) is 0 Å². The molecule has 0 heterocycles. The highest BCUT2D eigenvalue weighted by atomic mass is 15.3. The van der Waals surface area contributed by atoms with E-state index in [-0.39, 0.29) is 0 Å². The summed E-state index contributed by atoms with van der Waals surface area (Å²) < 4.78 is 1.27. The largest absolute Gasteiger partial charge is 0.320 e. The molecule has 0 aromatic carbocycles. The summed E-state index contributed by atoms with van der Waals surface area (Å²) in [4.78, 5) is 0. The van der Waals surface area contributed by atoms with E-state index in [4.69, 9.17) is 0 Å². The van der Waals surface area contributed by atoms with E-state index in [0.29, 0.717) is 0 Å². The third kappa shape index (κ3) is 4.80. The molecule has 0 fully saturated rings. The van der Waals surface area contributed by atoms with Crippen molar-refractivity contribution in [3.63, 3.8) is 0 Å². The van der Waals surface area contributed by atoms with Gasteiger partial charge in [0.05, 0.1) is 26.2 Å². The zero-order valence-corrected chi connectivity index (χ0v) is 10.4. The van der Waals surface area contributed by atoms with Gasteiger partial charge in [0.2, 0.25) is 0 Å². The SMILES string of the molecule is C=CC[N+](CCC)(CCC)CCCC. The van der Waals surface area contributed by atoms with Crippen LogP contribution >= 0.6 is 0 Å². The molecule has 84 valence electrons. The number of nitrogens with zero attached hydrogens (tertiary/aromatic N) is 1. The van der Waals surface area contributed by atoms with E-state index < -0.39 is 0 Å². The maximum Gasteiger partial charge on any atom is 0.0971 e. The number of rotatable bonds is 9. The molecule has 0 aromatic heterocycles. The first-order chi connectivity index (χ1) is 6.74. The molecule has 0 atom stereocenters. The molecule has 0 amide bonds. The molecule has 0 radical (unpaired) electrons. The summed E-state index contributed by atoms with van der Waals surface area (Å²) in [6.07, 6.45) is 7.34. The van der Waals surface area contributed by atoms with Gasteiger partial charge < -0.3 is 4.48 Å². The molecule has 0 spiro atoms. The Morgan fingerprint density at radius 1 is 0.929 bits per heavy atom. The Morgan fingerprint density at radius 3 is 1.86 bits per heavy atom. The van der Waals surface area contributed by atoms with Crippen molar-refractivity contribution in [3.05, 3.63) is 12.7 Å². The highest BCUT2D eigenvalue weighted by Crippen LogP contribution is 2.12. The second-order valence-corrected chi connectivity index (χ2v) is 4.34. The molecule has 14 heavy (non-hydrogen) atoms. The molecular formula is C13H28N+. The van der Waals surface area contributed by atoms with Crippen LogP contribution in [0.3, 0.4) is 0 Å². The van der Waals surface area contributed by atoms with Gasteiger partial charge in [0.1, 0.15) is 0 Å². The Balaban J connectivity index is 4.28. The van der Waals surface area contributed by atoms with Crippen LogP contribution in [0, 0.1) is 0 Å². The minimum Gasteiger partial charge on any atom is -0.320 e. The Labute approximate surface area is 90.4 Å². The molecule has 0 saturated carbocycles. The Bertz CT molecular complexity index is 134. The van der Waals surface area contributed by atoms with Crippen molar-refractivity contribution >= 4 is 0 Å². The molecule has 0 aliphatic heterocycles. The average Bonchev–Trinajstić information content (AvgIpc) is 2.16. The third-order valence-corrected chi connectivity index (χ3v) is 2.90. The Morgan fingerprint density at radius 2 is 1.50 bits per heavy atom.